The molecular weight excluding hydrogens is 612 g/mol. The molecule has 0 bridgehead atoms. The minimum Gasteiger partial charge on any atom is -0.490 e. The lowest BCUT2D eigenvalue weighted by molar-refractivity contribution is -0.121. The van der Waals surface area contributed by atoms with Gasteiger partial charge in [-0.25, -0.2) is 14.6 Å². The van der Waals surface area contributed by atoms with Crippen LogP contribution in [0, 0.1) is 0 Å². The summed E-state index contributed by atoms with van der Waals surface area (Å²) in [6.07, 6.45) is 1.76. The van der Waals surface area contributed by atoms with Gasteiger partial charge in [0.1, 0.15) is 6.61 Å². The van der Waals surface area contributed by atoms with Gasteiger partial charge in [-0.05, 0) is 91.3 Å². The number of carbonyl (C=O) groups is 3. The molecular formula is C30H27BrN2O7S. The summed E-state index contributed by atoms with van der Waals surface area (Å²) in [6.45, 7) is 4.53. The number of hydrogen-bond donors (Lipinski definition) is 1. The Kier molecular flexibility index (Phi) is 9.85. The van der Waals surface area contributed by atoms with Crippen LogP contribution in [-0.4, -0.2) is 53.3 Å². The van der Waals surface area contributed by atoms with Gasteiger partial charge in [0, 0.05) is 11.5 Å². The summed E-state index contributed by atoms with van der Waals surface area (Å²) in [5.41, 5.74) is 2.75. The first-order valence-electron chi connectivity index (χ1n) is 12.6. The van der Waals surface area contributed by atoms with E-state index in [9.17, 15) is 14.4 Å². The van der Waals surface area contributed by atoms with Crippen molar-refractivity contribution in [3.63, 3.8) is 0 Å². The molecule has 0 aliphatic carbocycles. The van der Waals surface area contributed by atoms with E-state index in [1.807, 2.05) is 6.92 Å². The number of carboxylic acids is 1. The molecule has 1 heterocycles. The smallest absolute Gasteiger partial charge is 0.338 e. The molecule has 1 aliphatic rings. The Morgan fingerprint density at radius 2 is 1.63 bits per heavy atom. The molecule has 1 N–H and O–H groups in total. The highest BCUT2D eigenvalue weighted by molar-refractivity contribution is 9.10. The second-order valence-electron chi connectivity index (χ2n) is 8.68. The predicted molar refractivity (Wildman–Crippen MR) is 161 cm³/mol. The highest BCUT2D eigenvalue weighted by Crippen LogP contribution is 2.38. The van der Waals surface area contributed by atoms with E-state index in [0.717, 1.165) is 11.1 Å². The van der Waals surface area contributed by atoms with Crippen LogP contribution in [0.15, 0.2) is 75.0 Å². The highest BCUT2D eigenvalue weighted by atomic mass is 79.9. The number of hydrogen-bond acceptors (Lipinski definition) is 8. The van der Waals surface area contributed by atoms with Crippen molar-refractivity contribution < 1.29 is 33.7 Å². The molecule has 0 aromatic heterocycles. The second kappa shape index (κ2) is 13.5. The van der Waals surface area contributed by atoms with Crippen molar-refractivity contribution in [1.29, 1.82) is 0 Å². The number of rotatable bonds is 10. The average Bonchev–Trinajstić information content (AvgIpc) is 3.22. The van der Waals surface area contributed by atoms with Crippen LogP contribution in [0.5, 0.6) is 11.5 Å². The van der Waals surface area contributed by atoms with Crippen molar-refractivity contribution >= 4 is 62.5 Å². The number of aliphatic imine (C=N–C) groups is 1. The molecule has 4 rings (SSSR count). The first-order valence-corrected chi connectivity index (χ1v) is 14.3. The van der Waals surface area contributed by atoms with Crippen LogP contribution in [0.3, 0.4) is 0 Å². The number of aromatic carboxylic acids is 1. The zero-order valence-corrected chi connectivity index (χ0v) is 25.0. The van der Waals surface area contributed by atoms with Crippen LogP contribution < -0.4 is 9.47 Å². The first-order chi connectivity index (χ1) is 19.7. The second-order valence-corrected chi connectivity index (χ2v) is 10.5. The van der Waals surface area contributed by atoms with Gasteiger partial charge in [0.25, 0.3) is 5.91 Å². The Labute approximate surface area is 249 Å². The number of nitrogens with zero attached hydrogens (tertiary/aromatic N) is 2. The van der Waals surface area contributed by atoms with E-state index in [1.54, 1.807) is 68.6 Å². The fourth-order valence-corrected chi connectivity index (χ4v) is 5.15. The maximum atomic E-state index is 13.0. The standard InChI is InChI=1S/C30H27BrN2O7S/c1-4-38-24-14-21(23(31)16-25(24)40-17-18-6-8-19(9-7-18)28(35)36)15-26-27(34)33(3)30(41-26)32-22-12-10-20(11-13-22)29(37)39-5-2/h6-16H,4-5,17H2,1-3H3,(H,35,36)/b26-15-,32-30?. The molecule has 0 saturated carbocycles. The van der Waals surface area contributed by atoms with E-state index in [2.05, 4.69) is 20.9 Å². The Morgan fingerprint density at radius 3 is 2.27 bits per heavy atom. The van der Waals surface area contributed by atoms with Gasteiger partial charge < -0.3 is 19.3 Å². The monoisotopic (exact) mass is 638 g/mol. The Balaban J connectivity index is 1.53. The van der Waals surface area contributed by atoms with Crippen LogP contribution in [0.2, 0.25) is 0 Å². The van der Waals surface area contributed by atoms with Crippen LogP contribution in [0.25, 0.3) is 6.08 Å². The molecule has 0 radical (unpaired) electrons. The van der Waals surface area contributed by atoms with Crippen LogP contribution in [-0.2, 0) is 16.1 Å². The summed E-state index contributed by atoms with van der Waals surface area (Å²) in [6, 6.07) is 16.7. The topological polar surface area (TPSA) is 115 Å². The molecule has 41 heavy (non-hydrogen) atoms. The third-order valence-corrected chi connectivity index (χ3v) is 7.60. The maximum Gasteiger partial charge on any atom is 0.338 e. The van der Waals surface area contributed by atoms with E-state index in [-0.39, 0.29) is 18.1 Å². The van der Waals surface area contributed by atoms with Gasteiger partial charge >= 0.3 is 11.9 Å². The minimum atomic E-state index is -0.988. The minimum absolute atomic E-state index is 0.202. The quantitative estimate of drug-likeness (QED) is 0.197. The Morgan fingerprint density at radius 1 is 0.976 bits per heavy atom. The van der Waals surface area contributed by atoms with Crippen molar-refractivity contribution in [2.75, 3.05) is 20.3 Å². The van der Waals surface area contributed by atoms with Crippen LogP contribution >= 0.6 is 27.7 Å². The number of benzene rings is 3. The van der Waals surface area contributed by atoms with Gasteiger partial charge in [0.15, 0.2) is 16.7 Å². The fraction of sp³-hybridized carbons (Fsp3) is 0.200. The number of likely N-dealkylation sites (N-methyl/N-ethyl adjacent to an activating group) is 1. The third kappa shape index (κ3) is 7.36. The molecule has 0 spiro atoms. The molecule has 11 heteroatoms. The molecule has 212 valence electrons. The van der Waals surface area contributed by atoms with E-state index in [4.69, 9.17) is 19.3 Å². The number of amidine groups is 1. The molecule has 0 unspecified atom stereocenters. The van der Waals surface area contributed by atoms with Gasteiger partial charge in [-0.3, -0.25) is 9.69 Å². The zero-order valence-electron chi connectivity index (χ0n) is 22.5. The van der Waals surface area contributed by atoms with Gasteiger partial charge in [0.2, 0.25) is 0 Å². The number of carboxylic acid groups (broad SMARTS) is 1. The largest absolute Gasteiger partial charge is 0.490 e. The molecule has 3 aromatic rings. The molecule has 0 atom stereocenters. The molecule has 1 saturated heterocycles. The lowest BCUT2D eigenvalue weighted by Gasteiger charge is -2.14. The summed E-state index contributed by atoms with van der Waals surface area (Å²) >= 11 is 4.82. The molecule has 1 fully saturated rings. The molecule has 1 amide bonds. The summed E-state index contributed by atoms with van der Waals surface area (Å²) in [4.78, 5) is 42.5. The van der Waals surface area contributed by atoms with Crippen molar-refractivity contribution in [3.05, 3.63) is 92.3 Å². The van der Waals surface area contributed by atoms with E-state index < -0.39 is 11.9 Å². The maximum absolute atomic E-state index is 13.0. The predicted octanol–water partition coefficient (Wildman–Crippen LogP) is 6.54. The number of ether oxygens (including phenoxy) is 3. The molecule has 1 aliphatic heterocycles. The van der Waals surface area contributed by atoms with Gasteiger partial charge in [-0.15, -0.1) is 0 Å². The average molecular weight is 640 g/mol. The fourth-order valence-electron chi connectivity index (χ4n) is 3.74. The number of halogens is 1. The van der Waals surface area contributed by atoms with Crippen molar-refractivity contribution in [3.8, 4) is 11.5 Å². The van der Waals surface area contributed by atoms with Crippen molar-refractivity contribution in [2.45, 2.75) is 20.5 Å². The molecule has 9 nitrogen and oxygen atoms in total. The van der Waals surface area contributed by atoms with Crippen LogP contribution in [0.4, 0.5) is 5.69 Å². The SMILES string of the molecule is CCOC(=O)c1ccc(N=C2S/C(=C\c3cc(OCC)c(OCc4ccc(C(=O)O)cc4)cc3Br)C(=O)N2C)cc1. The van der Waals surface area contributed by atoms with E-state index in [0.29, 0.717) is 50.5 Å². The van der Waals surface area contributed by atoms with Gasteiger partial charge in [0.05, 0.1) is 34.9 Å². The summed E-state index contributed by atoms with van der Waals surface area (Å²) in [5, 5.41) is 9.59. The van der Waals surface area contributed by atoms with Gasteiger partial charge in [-0.2, -0.15) is 0 Å². The summed E-state index contributed by atoms with van der Waals surface area (Å²) < 4.78 is 17.5. The number of carbonyl (C=O) groups excluding carboxylic acids is 2. The lowest BCUT2D eigenvalue weighted by atomic mass is 10.1. The Hall–Kier alpha value is -4.09. The Bertz CT molecular complexity index is 1520. The van der Waals surface area contributed by atoms with Crippen molar-refractivity contribution in [1.82, 2.24) is 4.90 Å². The molecule has 3 aromatic carbocycles. The zero-order chi connectivity index (χ0) is 29.5. The normalized spacial score (nSPS) is 14.9. The lowest BCUT2D eigenvalue weighted by Crippen LogP contribution is -2.23. The highest BCUT2D eigenvalue weighted by Gasteiger charge is 2.30. The first kappa shape index (κ1) is 29.9. The third-order valence-electron chi connectivity index (χ3n) is 5.85. The summed E-state index contributed by atoms with van der Waals surface area (Å²) in [5.74, 6) is -0.588. The van der Waals surface area contributed by atoms with E-state index >= 15 is 0 Å². The van der Waals surface area contributed by atoms with E-state index in [1.165, 1.54) is 28.8 Å². The van der Waals surface area contributed by atoms with Crippen molar-refractivity contribution in [2.24, 2.45) is 4.99 Å². The van der Waals surface area contributed by atoms with Gasteiger partial charge in [-0.1, -0.05) is 28.1 Å². The number of esters is 1. The van der Waals surface area contributed by atoms with Crippen LogP contribution in [0.1, 0.15) is 45.7 Å². The number of amides is 1. The number of thioether (sulfide) groups is 1. The summed E-state index contributed by atoms with van der Waals surface area (Å²) in [7, 11) is 1.66.